The van der Waals surface area contributed by atoms with Gasteiger partial charge >= 0.3 is 11.9 Å². The Morgan fingerprint density at radius 1 is 0.771 bits per heavy atom. The van der Waals surface area contributed by atoms with E-state index in [1.54, 1.807) is 30.3 Å². The highest BCUT2D eigenvalue weighted by Crippen LogP contribution is 2.55. The maximum atomic E-state index is 13.0. The molecule has 35 heavy (non-hydrogen) atoms. The maximum Gasteiger partial charge on any atom is 0.309 e. The molecule has 0 aliphatic rings. The van der Waals surface area contributed by atoms with Crippen molar-refractivity contribution in [1.29, 1.82) is 0 Å². The lowest BCUT2D eigenvalue weighted by molar-refractivity contribution is -0.150. The summed E-state index contributed by atoms with van der Waals surface area (Å²) in [5.41, 5.74) is 1.86. The van der Waals surface area contributed by atoms with Gasteiger partial charge in [0.15, 0.2) is 5.85 Å². The van der Waals surface area contributed by atoms with Crippen LogP contribution in [-0.4, -0.2) is 28.1 Å². The molecule has 184 valence electrons. The molecule has 0 spiro atoms. The van der Waals surface area contributed by atoms with Crippen molar-refractivity contribution in [2.45, 2.75) is 31.9 Å². The van der Waals surface area contributed by atoms with Gasteiger partial charge in [0.05, 0.1) is 5.92 Å². The molecular weight excluding hydrogens is 467 g/mol. The van der Waals surface area contributed by atoms with Crippen molar-refractivity contribution in [2.75, 3.05) is 6.16 Å². The van der Waals surface area contributed by atoms with Gasteiger partial charge in [0, 0.05) is 12.6 Å². The zero-order valence-corrected chi connectivity index (χ0v) is 20.1. The molecule has 0 aliphatic heterocycles. The number of carbonyl (C=O) groups excluding carboxylic acids is 2. The van der Waals surface area contributed by atoms with Gasteiger partial charge in [0.25, 0.3) is 0 Å². The summed E-state index contributed by atoms with van der Waals surface area (Å²) in [7, 11) is -4.23. The van der Waals surface area contributed by atoms with Crippen LogP contribution in [0.15, 0.2) is 91.0 Å². The number of benzene rings is 3. The molecule has 3 atom stereocenters. The zero-order valence-electron chi connectivity index (χ0n) is 19.2. The van der Waals surface area contributed by atoms with Crippen molar-refractivity contribution in [2.24, 2.45) is 5.92 Å². The first-order valence-corrected chi connectivity index (χ1v) is 13.2. The molecule has 2 N–H and O–H groups in total. The van der Waals surface area contributed by atoms with Gasteiger partial charge in [-0.15, -0.1) is 0 Å². The number of ether oxygens (including phenoxy) is 2. The average Bonchev–Trinajstić information content (AvgIpc) is 2.89. The van der Waals surface area contributed by atoms with Crippen molar-refractivity contribution in [1.82, 2.24) is 0 Å². The monoisotopic (exact) mass is 496 g/mol. The van der Waals surface area contributed by atoms with E-state index < -0.39 is 37.2 Å². The van der Waals surface area contributed by atoms with Crippen LogP contribution in [0.5, 0.6) is 0 Å². The van der Waals surface area contributed by atoms with Crippen LogP contribution in [-0.2, 0) is 36.8 Å². The van der Waals surface area contributed by atoms with E-state index >= 15 is 0 Å². The van der Waals surface area contributed by atoms with Crippen molar-refractivity contribution in [3.05, 3.63) is 108 Å². The van der Waals surface area contributed by atoms with Gasteiger partial charge in [0.2, 0.25) is 7.37 Å². The van der Waals surface area contributed by atoms with E-state index in [-0.39, 0.29) is 31.6 Å². The van der Waals surface area contributed by atoms with Gasteiger partial charge in [0.1, 0.15) is 13.2 Å². The van der Waals surface area contributed by atoms with E-state index in [2.05, 4.69) is 0 Å². The minimum atomic E-state index is -4.23. The quantitative estimate of drug-likeness (QED) is 0.273. The second kappa shape index (κ2) is 13.0. The van der Waals surface area contributed by atoms with Crippen molar-refractivity contribution in [3.8, 4) is 0 Å². The van der Waals surface area contributed by atoms with E-state index in [0.29, 0.717) is 0 Å². The highest BCUT2D eigenvalue weighted by molar-refractivity contribution is 7.58. The molecule has 0 radical (unpaired) electrons. The molecular formula is C27H29O7P. The summed E-state index contributed by atoms with van der Waals surface area (Å²) in [4.78, 5) is 35.8. The van der Waals surface area contributed by atoms with Crippen LogP contribution >= 0.6 is 7.37 Å². The molecule has 0 heterocycles. The van der Waals surface area contributed by atoms with Gasteiger partial charge in [-0.1, -0.05) is 91.0 Å². The number of hydrogen-bond acceptors (Lipinski definition) is 6. The van der Waals surface area contributed by atoms with Crippen molar-refractivity contribution in [3.63, 3.8) is 0 Å². The highest BCUT2D eigenvalue weighted by Gasteiger charge is 2.37. The fraction of sp³-hybridized carbons (Fsp3) is 0.259. The number of carbonyl (C=O) groups is 2. The Morgan fingerprint density at radius 3 is 1.80 bits per heavy atom. The van der Waals surface area contributed by atoms with E-state index in [4.69, 9.17) is 9.47 Å². The summed E-state index contributed by atoms with van der Waals surface area (Å²) in [6, 6.07) is 26.3. The van der Waals surface area contributed by atoms with Gasteiger partial charge < -0.3 is 19.5 Å². The topological polar surface area (TPSA) is 110 Å². The fourth-order valence-corrected chi connectivity index (χ4v) is 5.31. The lowest BCUT2D eigenvalue weighted by Gasteiger charge is -2.23. The number of hydrogen-bond donors (Lipinski definition) is 2. The fourth-order valence-electron chi connectivity index (χ4n) is 3.51. The first kappa shape index (κ1) is 26.4. The summed E-state index contributed by atoms with van der Waals surface area (Å²) in [5, 5.41) is 10.5. The van der Waals surface area contributed by atoms with E-state index in [1.807, 2.05) is 48.5 Å². The molecule has 0 saturated heterocycles. The lowest BCUT2D eigenvalue weighted by atomic mass is 10.1. The van der Waals surface area contributed by atoms with Crippen molar-refractivity contribution >= 4 is 19.3 Å². The minimum Gasteiger partial charge on any atom is -0.461 e. The molecule has 0 fully saturated rings. The average molecular weight is 496 g/mol. The van der Waals surface area contributed by atoms with Crippen LogP contribution in [0.3, 0.4) is 0 Å². The molecule has 0 saturated carbocycles. The Bertz CT molecular complexity index is 1120. The predicted octanol–water partition coefficient (Wildman–Crippen LogP) is 4.83. The minimum absolute atomic E-state index is 0.00834. The van der Waals surface area contributed by atoms with E-state index in [1.165, 1.54) is 12.1 Å². The molecule has 3 aromatic carbocycles. The van der Waals surface area contributed by atoms with Crippen LogP contribution in [0.25, 0.3) is 0 Å². The Morgan fingerprint density at radius 2 is 1.26 bits per heavy atom. The predicted molar refractivity (Wildman–Crippen MR) is 131 cm³/mol. The van der Waals surface area contributed by atoms with Gasteiger partial charge in [-0.3, -0.25) is 14.2 Å². The van der Waals surface area contributed by atoms with Crippen LogP contribution in [0.1, 0.15) is 35.4 Å². The number of rotatable bonds is 12. The summed E-state index contributed by atoms with van der Waals surface area (Å²) in [6.45, 7) is 0.0829. The molecule has 0 bridgehead atoms. The first-order valence-electron chi connectivity index (χ1n) is 11.3. The van der Waals surface area contributed by atoms with Crippen LogP contribution < -0.4 is 0 Å². The lowest BCUT2D eigenvalue weighted by Crippen LogP contribution is -2.24. The molecule has 7 nitrogen and oxygen atoms in total. The molecule has 3 aromatic rings. The molecule has 8 heteroatoms. The number of aliphatic hydroxyl groups is 1. The summed E-state index contributed by atoms with van der Waals surface area (Å²) in [6.07, 6.45) is -0.713. The second-order valence-corrected chi connectivity index (χ2v) is 10.6. The Balaban J connectivity index is 1.65. The maximum absolute atomic E-state index is 13.0. The Hall–Kier alpha value is -3.25. The van der Waals surface area contributed by atoms with Gasteiger partial charge in [-0.25, -0.2) is 0 Å². The number of esters is 2. The standard InChI is InChI=1S/C27H29O7P/c28-25(33-18-21-10-4-1-5-11-21)17-16-24(26(29)34-19-22-12-6-2-7-13-22)20-35(31,32)27(30)23-14-8-3-9-15-23/h1-15,24,27,30H,16-20H2,(H,31,32). The number of aliphatic hydroxyl groups excluding tert-OH is 1. The second-order valence-electron chi connectivity index (χ2n) is 8.20. The molecule has 0 aromatic heterocycles. The Labute approximate surface area is 204 Å². The smallest absolute Gasteiger partial charge is 0.309 e. The van der Waals surface area contributed by atoms with Gasteiger partial charge in [-0.05, 0) is 23.1 Å². The van der Waals surface area contributed by atoms with Crippen LogP contribution in [0, 0.1) is 5.92 Å². The normalized spacial score (nSPS) is 14.3. The summed E-state index contributed by atoms with van der Waals surface area (Å²) in [5.74, 6) is -3.97. The third kappa shape index (κ3) is 8.48. The molecule has 0 amide bonds. The van der Waals surface area contributed by atoms with Crippen molar-refractivity contribution < 1.29 is 33.6 Å². The van der Waals surface area contributed by atoms with E-state index in [9.17, 15) is 24.2 Å². The molecule has 3 unspecified atom stereocenters. The Kier molecular flexibility index (Phi) is 9.79. The highest BCUT2D eigenvalue weighted by atomic mass is 31.2. The van der Waals surface area contributed by atoms with Crippen LogP contribution in [0.4, 0.5) is 0 Å². The summed E-state index contributed by atoms with van der Waals surface area (Å²) >= 11 is 0. The molecule has 3 rings (SSSR count). The third-order valence-corrected chi connectivity index (χ3v) is 7.49. The third-order valence-electron chi connectivity index (χ3n) is 5.46. The summed E-state index contributed by atoms with van der Waals surface area (Å²) < 4.78 is 23.7. The molecule has 0 aliphatic carbocycles. The first-order chi connectivity index (χ1) is 16.8. The SMILES string of the molecule is O=C(CCC(CP(=O)(O)C(O)c1ccccc1)C(=O)OCc1ccccc1)OCc1ccccc1. The zero-order chi connectivity index (χ0) is 25.1. The van der Waals surface area contributed by atoms with E-state index in [0.717, 1.165) is 11.1 Å². The van der Waals surface area contributed by atoms with Crippen LogP contribution in [0.2, 0.25) is 0 Å². The van der Waals surface area contributed by atoms with Gasteiger partial charge in [-0.2, -0.15) is 0 Å². The largest absolute Gasteiger partial charge is 0.461 e.